The van der Waals surface area contributed by atoms with Crippen LogP contribution in [0.15, 0.2) is 12.7 Å². The normalized spacial score (nSPS) is 35.1. The third kappa shape index (κ3) is 2.71. The molecule has 3 nitrogen and oxygen atoms in total. The Morgan fingerprint density at radius 3 is 2.65 bits per heavy atom. The van der Waals surface area contributed by atoms with Crippen molar-refractivity contribution < 1.29 is 14.3 Å². The molecule has 0 aromatic carbocycles. The van der Waals surface area contributed by atoms with Gasteiger partial charge in [0.1, 0.15) is 5.78 Å². The van der Waals surface area contributed by atoms with Crippen molar-refractivity contribution in [2.24, 2.45) is 17.8 Å². The van der Waals surface area contributed by atoms with Crippen molar-refractivity contribution in [3.05, 3.63) is 12.7 Å². The van der Waals surface area contributed by atoms with Gasteiger partial charge in [-0.2, -0.15) is 0 Å². The van der Waals surface area contributed by atoms with Gasteiger partial charge >= 0.3 is 0 Å². The molecule has 1 spiro atoms. The Morgan fingerprint density at radius 2 is 2.00 bits per heavy atom. The minimum Gasteiger partial charge on any atom is -0.347 e. The van der Waals surface area contributed by atoms with Crippen LogP contribution in [-0.2, 0) is 14.3 Å². The van der Waals surface area contributed by atoms with Gasteiger partial charge in [-0.25, -0.2) is 0 Å². The van der Waals surface area contributed by atoms with E-state index in [9.17, 15) is 4.79 Å². The van der Waals surface area contributed by atoms with Crippen LogP contribution < -0.4 is 0 Å². The molecule has 3 fully saturated rings. The molecule has 0 amide bonds. The molecule has 2 saturated carbocycles. The lowest BCUT2D eigenvalue weighted by molar-refractivity contribution is -0.236. The molecule has 2 aliphatic carbocycles. The predicted octanol–water partition coefficient (Wildman–Crippen LogP) is 3.73. The van der Waals surface area contributed by atoms with E-state index in [2.05, 4.69) is 6.58 Å². The topological polar surface area (TPSA) is 35.5 Å². The average molecular weight is 280 g/mol. The molecular weight excluding hydrogens is 252 g/mol. The summed E-state index contributed by atoms with van der Waals surface area (Å²) in [6.07, 6.45) is 7.60. The molecule has 1 heterocycles. The van der Waals surface area contributed by atoms with E-state index >= 15 is 0 Å². The molecule has 3 aliphatic rings. The second-order valence-corrected chi connectivity index (χ2v) is 5.81. The molecule has 0 aromatic heterocycles. The Hall–Kier alpha value is -0.670. The van der Waals surface area contributed by atoms with E-state index in [1.807, 2.05) is 19.9 Å². The molecule has 3 heteroatoms. The molecule has 114 valence electrons. The fraction of sp³-hybridized carbons (Fsp3) is 0.824. The van der Waals surface area contributed by atoms with Crippen molar-refractivity contribution in [3.8, 4) is 0 Å². The Labute approximate surface area is 122 Å². The van der Waals surface area contributed by atoms with Crippen LogP contribution in [0.4, 0.5) is 0 Å². The highest BCUT2D eigenvalue weighted by Crippen LogP contribution is 2.51. The Balaban J connectivity index is 0.000000704. The number of ether oxygens (including phenoxy) is 2. The van der Waals surface area contributed by atoms with Gasteiger partial charge < -0.3 is 9.47 Å². The van der Waals surface area contributed by atoms with E-state index in [1.165, 1.54) is 0 Å². The summed E-state index contributed by atoms with van der Waals surface area (Å²) >= 11 is 0. The first-order valence-corrected chi connectivity index (χ1v) is 8.18. The van der Waals surface area contributed by atoms with Crippen LogP contribution in [0.25, 0.3) is 0 Å². The van der Waals surface area contributed by atoms with Crippen LogP contribution in [-0.4, -0.2) is 24.8 Å². The first-order valence-electron chi connectivity index (χ1n) is 8.18. The van der Waals surface area contributed by atoms with E-state index in [1.54, 1.807) is 0 Å². The zero-order valence-electron chi connectivity index (χ0n) is 12.9. The van der Waals surface area contributed by atoms with Crippen LogP contribution >= 0.6 is 0 Å². The van der Waals surface area contributed by atoms with E-state index in [0.717, 1.165) is 32.1 Å². The number of fused-ring (bicyclic) bond motifs is 2. The lowest BCUT2D eigenvalue weighted by Gasteiger charge is -2.49. The van der Waals surface area contributed by atoms with Crippen molar-refractivity contribution in [2.45, 2.75) is 58.2 Å². The Morgan fingerprint density at radius 1 is 1.30 bits per heavy atom. The first kappa shape index (κ1) is 15.7. The van der Waals surface area contributed by atoms with Gasteiger partial charge in [-0.3, -0.25) is 4.79 Å². The zero-order valence-corrected chi connectivity index (χ0v) is 12.9. The minimum atomic E-state index is -0.358. The summed E-state index contributed by atoms with van der Waals surface area (Å²) in [7, 11) is 0. The molecule has 1 saturated heterocycles. The van der Waals surface area contributed by atoms with E-state index in [-0.39, 0.29) is 11.7 Å². The quantitative estimate of drug-likeness (QED) is 0.723. The fourth-order valence-corrected chi connectivity index (χ4v) is 4.25. The van der Waals surface area contributed by atoms with Crippen LogP contribution in [0.1, 0.15) is 52.4 Å². The van der Waals surface area contributed by atoms with Gasteiger partial charge in [-0.05, 0) is 31.6 Å². The van der Waals surface area contributed by atoms with Gasteiger partial charge in [-0.15, -0.1) is 6.58 Å². The number of hydrogen-bond donors (Lipinski definition) is 0. The van der Waals surface area contributed by atoms with Crippen LogP contribution in [0.5, 0.6) is 0 Å². The maximum atomic E-state index is 12.1. The number of carbonyl (C=O) groups excluding carboxylic acids is 1. The largest absolute Gasteiger partial charge is 0.347 e. The molecule has 20 heavy (non-hydrogen) atoms. The van der Waals surface area contributed by atoms with Crippen molar-refractivity contribution in [1.82, 2.24) is 0 Å². The molecular formula is C17H28O3. The highest BCUT2D eigenvalue weighted by atomic mass is 16.7. The summed E-state index contributed by atoms with van der Waals surface area (Å²) in [5.74, 6) is 1.08. The average Bonchev–Trinajstić information content (AvgIpc) is 2.94. The van der Waals surface area contributed by atoms with Crippen molar-refractivity contribution in [3.63, 3.8) is 0 Å². The molecule has 1 aliphatic heterocycles. The Bertz CT molecular complexity index is 344. The molecule has 0 radical (unpaired) electrons. The fourth-order valence-electron chi connectivity index (χ4n) is 4.25. The molecule has 3 unspecified atom stereocenters. The number of rotatable bonds is 2. The molecule has 0 aromatic rings. The highest BCUT2D eigenvalue weighted by molar-refractivity contribution is 5.82. The second-order valence-electron chi connectivity index (χ2n) is 5.81. The summed E-state index contributed by atoms with van der Waals surface area (Å²) in [6.45, 7) is 9.22. The van der Waals surface area contributed by atoms with Crippen LogP contribution in [0, 0.1) is 17.8 Å². The zero-order chi connectivity index (χ0) is 14.6. The van der Waals surface area contributed by atoms with E-state index in [4.69, 9.17) is 9.47 Å². The van der Waals surface area contributed by atoms with Gasteiger partial charge in [0.15, 0.2) is 5.79 Å². The van der Waals surface area contributed by atoms with Crippen molar-refractivity contribution >= 4 is 5.78 Å². The van der Waals surface area contributed by atoms with Crippen LogP contribution in [0.3, 0.4) is 0 Å². The minimum absolute atomic E-state index is 0.159. The standard InChI is InChI=1S/C15H22O3.C2H6/c1-2-4-12-11-5-3-8-15(17-9-10-18-15)13(11)6-7-14(12)16;1-2/h2,11-13H,1,3-10H2;1-2H3. The van der Waals surface area contributed by atoms with Crippen LogP contribution in [0.2, 0.25) is 0 Å². The van der Waals surface area contributed by atoms with Crippen molar-refractivity contribution in [1.29, 1.82) is 0 Å². The van der Waals surface area contributed by atoms with Crippen molar-refractivity contribution in [2.75, 3.05) is 13.2 Å². The number of allylic oxidation sites excluding steroid dienone is 1. The van der Waals surface area contributed by atoms with E-state index < -0.39 is 0 Å². The van der Waals surface area contributed by atoms with Gasteiger partial charge in [0, 0.05) is 24.7 Å². The molecule has 0 bridgehead atoms. The smallest absolute Gasteiger partial charge is 0.171 e. The predicted molar refractivity (Wildman–Crippen MR) is 79.4 cm³/mol. The highest BCUT2D eigenvalue weighted by Gasteiger charge is 2.54. The summed E-state index contributed by atoms with van der Waals surface area (Å²) in [5.41, 5.74) is 0. The lowest BCUT2D eigenvalue weighted by atomic mass is 9.61. The summed E-state index contributed by atoms with van der Waals surface area (Å²) in [4.78, 5) is 12.1. The third-order valence-corrected chi connectivity index (χ3v) is 4.97. The molecule has 3 atom stereocenters. The lowest BCUT2D eigenvalue weighted by Crippen LogP contribution is -2.51. The van der Waals surface area contributed by atoms with Gasteiger partial charge in [0.2, 0.25) is 0 Å². The molecule has 0 N–H and O–H groups in total. The number of Topliss-reactive ketones (excluding diaryl/α,β-unsaturated/α-hetero) is 1. The SMILES string of the molecule is C=CCC1C(=O)CCC2C1CCCC21OCCO1.CC. The Kier molecular flexibility index (Phi) is 5.39. The second kappa shape index (κ2) is 6.86. The summed E-state index contributed by atoms with van der Waals surface area (Å²) < 4.78 is 11.9. The summed E-state index contributed by atoms with van der Waals surface area (Å²) in [6, 6.07) is 0. The first-order chi connectivity index (χ1) is 9.77. The number of ketones is 1. The van der Waals surface area contributed by atoms with Gasteiger partial charge in [0.25, 0.3) is 0 Å². The number of hydrogen-bond acceptors (Lipinski definition) is 3. The maximum absolute atomic E-state index is 12.1. The van der Waals surface area contributed by atoms with Gasteiger partial charge in [0.05, 0.1) is 13.2 Å². The monoisotopic (exact) mass is 280 g/mol. The third-order valence-electron chi connectivity index (χ3n) is 4.97. The number of carbonyl (C=O) groups is 1. The van der Waals surface area contributed by atoms with Gasteiger partial charge in [-0.1, -0.05) is 19.9 Å². The maximum Gasteiger partial charge on any atom is 0.171 e. The molecule has 3 rings (SSSR count). The van der Waals surface area contributed by atoms with E-state index in [0.29, 0.717) is 37.3 Å². The summed E-state index contributed by atoms with van der Waals surface area (Å²) in [5, 5.41) is 0.